The molecular formula is C23H31N5O9. The number of hydrogen-bond donors (Lipinski definition) is 7. The van der Waals surface area contributed by atoms with Crippen molar-refractivity contribution in [3.8, 4) is 5.75 Å². The summed E-state index contributed by atoms with van der Waals surface area (Å²) in [6.07, 6.45) is -0.633. The highest BCUT2D eigenvalue weighted by Gasteiger charge is 2.38. The van der Waals surface area contributed by atoms with E-state index in [0.717, 1.165) is 0 Å². The van der Waals surface area contributed by atoms with Gasteiger partial charge in [-0.05, 0) is 37.0 Å². The van der Waals surface area contributed by atoms with Gasteiger partial charge in [0.1, 0.15) is 23.9 Å². The molecule has 1 aliphatic rings. The van der Waals surface area contributed by atoms with Crippen molar-refractivity contribution in [1.82, 2.24) is 15.5 Å². The van der Waals surface area contributed by atoms with E-state index in [9.17, 15) is 39.0 Å². The van der Waals surface area contributed by atoms with Gasteiger partial charge >= 0.3 is 11.9 Å². The third-order valence-electron chi connectivity index (χ3n) is 5.85. The highest BCUT2D eigenvalue weighted by Crippen LogP contribution is 2.20. The van der Waals surface area contributed by atoms with Crippen LogP contribution < -0.4 is 22.1 Å². The van der Waals surface area contributed by atoms with Crippen LogP contribution in [0, 0.1) is 0 Å². The monoisotopic (exact) mass is 521 g/mol. The zero-order valence-corrected chi connectivity index (χ0v) is 20.0. The van der Waals surface area contributed by atoms with Gasteiger partial charge in [0.15, 0.2) is 0 Å². The first kappa shape index (κ1) is 29.0. The van der Waals surface area contributed by atoms with Gasteiger partial charge in [0, 0.05) is 19.4 Å². The Balaban J connectivity index is 2.21. The number of nitrogens with zero attached hydrogens (tertiary/aromatic N) is 1. The fourth-order valence-electron chi connectivity index (χ4n) is 3.96. The Morgan fingerprint density at radius 2 is 1.68 bits per heavy atom. The Hall–Kier alpha value is -4.20. The number of carboxylic acid groups (broad SMARTS) is 2. The van der Waals surface area contributed by atoms with Crippen LogP contribution in [0.5, 0.6) is 5.75 Å². The molecule has 4 atom stereocenters. The van der Waals surface area contributed by atoms with E-state index in [0.29, 0.717) is 12.0 Å². The van der Waals surface area contributed by atoms with Crippen LogP contribution >= 0.6 is 0 Å². The van der Waals surface area contributed by atoms with Crippen molar-refractivity contribution < 1.29 is 44.1 Å². The molecule has 14 heteroatoms. The van der Waals surface area contributed by atoms with E-state index in [4.69, 9.17) is 16.6 Å². The molecule has 0 bridgehead atoms. The van der Waals surface area contributed by atoms with Crippen LogP contribution in [0.25, 0.3) is 0 Å². The smallest absolute Gasteiger partial charge is 0.326 e. The number of carbonyl (C=O) groups excluding carboxylic acids is 4. The van der Waals surface area contributed by atoms with E-state index in [1.807, 2.05) is 0 Å². The predicted octanol–water partition coefficient (Wildman–Crippen LogP) is -1.95. The van der Waals surface area contributed by atoms with Crippen molar-refractivity contribution >= 4 is 35.6 Å². The van der Waals surface area contributed by atoms with Gasteiger partial charge < -0.3 is 42.3 Å². The van der Waals surface area contributed by atoms with Gasteiger partial charge in [0.2, 0.25) is 23.6 Å². The molecule has 1 fully saturated rings. The summed E-state index contributed by atoms with van der Waals surface area (Å²) >= 11 is 0. The van der Waals surface area contributed by atoms with Crippen LogP contribution in [0.2, 0.25) is 0 Å². The maximum absolute atomic E-state index is 13.1. The van der Waals surface area contributed by atoms with E-state index in [1.54, 1.807) is 0 Å². The maximum atomic E-state index is 13.1. The minimum atomic E-state index is -1.51. The summed E-state index contributed by atoms with van der Waals surface area (Å²) in [6.45, 7) is 0.203. The summed E-state index contributed by atoms with van der Waals surface area (Å²) in [6, 6.07) is 0.744. The van der Waals surface area contributed by atoms with E-state index in [2.05, 4.69) is 10.6 Å². The Morgan fingerprint density at radius 1 is 1.03 bits per heavy atom. The van der Waals surface area contributed by atoms with Crippen molar-refractivity contribution in [1.29, 1.82) is 0 Å². The van der Waals surface area contributed by atoms with E-state index < -0.39 is 72.6 Å². The fourth-order valence-corrected chi connectivity index (χ4v) is 3.96. The largest absolute Gasteiger partial charge is 0.508 e. The number of carboxylic acids is 2. The summed E-state index contributed by atoms with van der Waals surface area (Å²) in [7, 11) is 0. The number of carbonyl (C=O) groups is 6. The molecule has 14 nitrogen and oxygen atoms in total. The lowest BCUT2D eigenvalue weighted by Crippen LogP contribution is -2.57. The average Bonchev–Trinajstić information content (AvgIpc) is 3.31. The number of aromatic hydroxyl groups is 1. The van der Waals surface area contributed by atoms with Crippen molar-refractivity contribution in [2.45, 2.75) is 62.7 Å². The van der Waals surface area contributed by atoms with Gasteiger partial charge in [-0.2, -0.15) is 0 Å². The van der Waals surface area contributed by atoms with Gasteiger partial charge in [-0.15, -0.1) is 0 Å². The molecule has 0 aromatic heterocycles. The molecule has 1 aromatic rings. The molecular weight excluding hydrogens is 490 g/mol. The van der Waals surface area contributed by atoms with Gasteiger partial charge in [-0.3, -0.25) is 24.0 Å². The molecule has 1 aliphatic heterocycles. The second-order valence-electron chi connectivity index (χ2n) is 8.73. The molecule has 202 valence electrons. The molecule has 1 saturated heterocycles. The Labute approximate surface area is 212 Å². The highest BCUT2D eigenvalue weighted by molar-refractivity contribution is 5.95. The molecule has 0 radical (unpaired) electrons. The summed E-state index contributed by atoms with van der Waals surface area (Å²) in [4.78, 5) is 73.6. The molecule has 0 spiro atoms. The van der Waals surface area contributed by atoms with E-state index in [-0.39, 0.29) is 31.6 Å². The lowest BCUT2D eigenvalue weighted by Gasteiger charge is -2.28. The summed E-state index contributed by atoms with van der Waals surface area (Å²) < 4.78 is 0. The van der Waals surface area contributed by atoms with Crippen LogP contribution in [0.3, 0.4) is 0 Å². The SMILES string of the molecule is NC(=O)CC(N)C(=O)N1CCCC1C(=O)NC(Cc1ccc(O)cc1)C(=O)NC(CCC(=O)O)C(=O)O. The fraction of sp³-hybridized carbons (Fsp3) is 0.478. The molecule has 37 heavy (non-hydrogen) atoms. The van der Waals surface area contributed by atoms with Crippen molar-refractivity contribution in [3.63, 3.8) is 0 Å². The molecule has 1 aromatic carbocycles. The lowest BCUT2D eigenvalue weighted by molar-refractivity contribution is -0.144. The van der Waals surface area contributed by atoms with Crippen molar-refractivity contribution in [2.24, 2.45) is 11.5 Å². The topological polar surface area (TPSA) is 242 Å². The van der Waals surface area contributed by atoms with Gasteiger partial charge in [-0.1, -0.05) is 12.1 Å². The number of hydrogen-bond acceptors (Lipinski definition) is 8. The van der Waals surface area contributed by atoms with Gasteiger partial charge in [-0.25, -0.2) is 4.79 Å². The number of primary amides is 1. The maximum Gasteiger partial charge on any atom is 0.326 e. The second kappa shape index (κ2) is 13.2. The molecule has 2 rings (SSSR count). The molecule has 4 unspecified atom stereocenters. The number of aliphatic carboxylic acids is 2. The average molecular weight is 522 g/mol. The Kier molecular flexibility index (Phi) is 10.4. The van der Waals surface area contributed by atoms with E-state index >= 15 is 0 Å². The molecule has 1 heterocycles. The standard InChI is InChI=1S/C23H31N5O9/c24-14(11-18(25)30)22(35)28-9-1-2-17(28)21(34)27-16(10-12-3-5-13(29)6-4-12)20(33)26-15(23(36)37)7-8-19(31)32/h3-6,14-17,29H,1-2,7-11,24H2,(H2,25,30)(H,26,33)(H,27,34)(H,31,32)(H,36,37). The summed E-state index contributed by atoms with van der Waals surface area (Å²) in [5, 5.41) is 32.6. The van der Waals surface area contributed by atoms with E-state index in [1.165, 1.54) is 29.2 Å². The number of rotatable bonds is 13. The number of benzene rings is 1. The molecule has 0 aliphatic carbocycles. The van der Waals surface area contributed by atoms with Crippen molar-refractivity contribution in [3.05, 3.63) is 29.8 Å². The first-order valence-electron chi connectivity index (χ1n) is 11.6. The van der Waals surface area contributed by atoms with Gasteiger partial charge in [0.25, 0.3) is 0 Å². The Morgan fingerprint density at radius 3 is 2.24 bits per heavy atom. The third-order valence-corrected chi connectivity index (χ3v) is 5.85. The minimum absolute atomic E-state index is 0.0270. The normalized spacial score (nSPS) is 17.3. The van der Waals surface area contributed by atoms with Crippen LogP contribution in [-0.2, 0) is 35.2 Å². The number of nitrogens with two attached hydrogens (primary N) is 2. The van der Waals surface area contributed by atoms with Crippen LogP contribution in [0.4, 0.5) is 0 Å². The highest BCUT2D eigenvalue weighted by atomic mass is 16.4. The number of nitrogens with one attached hydrogen (secondary N) is 2. The Bertz CT molecular complexity index is 1030. The molecule has 9 N–H and O–H groups in total. The minimum Gasteiger partial charge on any atom is -0.508 e. The quantitative estimate of drug-likeness (QED) is 0.151. The number of amides is 4. The number of likely N-dealkylation sites (tertiary alicyclic amines) is 1. The number of phenolic OH excluding ortho intramolecular Hbond substituents is 1. The van der Waals surface area contributed by atoms with Crippen LogP contribution in [0.1, 0.15) is 37.7 Å². The zero-order chi connectivity index (χ0) is 27.7. The first-order chi connectivity index (χ1) is 17.4. The molecule has 0 saturated carbocycles. The van der Waals surface area contributed by atoms with Gasteiger partial charge in [0.05, 0.1) is 12.5 Å². The van der Waals surface area contributed by atoms with Crippen LogP contribution in [-0.4, -0.2) is 86.5 Å². The summed E-state index contributed by atoms with van der Waals surface area (Å²) in [5.41, 5.74) is 11.4. The number of phenols is 1. The predicted molar refractivity (Wildman–Crippen MR) is 127 cm³/mol. The van der Waals surface area contributed by atoms with Crippen molar-refractivity contribution in [2.75, 3.05) is 6.54 Å². The first-order valence-corrected chi connectivity index (χ1v) is 11.6. The second-order valence-corrected chi connectivity index (χ2v) is 8.73. The zero-order valence-electron chi connectivity index (χ0n) is 20.0. The lowest BCUT2D eigenvalue weighted by atomic mass is 10.0. The van der Waals surface area contributed by atoms with Crippen LogP contribution in [0.15, 0.2) is 24.3 Å². The summed E-state index contributed by atoms with van der Waals surface area (Å²) in [5.74, 6) is -5.69. The third kappa shape index (κ3) is 8.75. The molecule has 4 amide bonds.